The molecule has 1 aliphatic carbocycles. The van der Waals surface area contributed by atoms with Crippen LogP contribution in [0, 0.1) is 6.92 Å². The van der Waals surface area contributed by atoms with E-state index < -0.39 is 11.5 Å². The maximum atomic E-state index is 12.5. The van der Waals surface area contributed by atoms with E-state index in [1.54, 1.807) is 0 Å². The van der Waals surface area contributed by atoms with Gasteiger partial charge in [0, 0.05) is 5.56 Å². The number of nitrogens with zero attached hydrogens (tertiary/aromatic N) is 1. The van der Waals surface area contributed by atoms with Gasteiger partial charge in [-0.3, -0.25) is 4.79 Å². The van der Waals surface area contributed by atoms with Crippen LogP contribution in [0.25, 0.3) is 33.6 Å². The number of hydrogen-bond donors (Lipinski definition) is 1. The van der Waals surface area contributed by atoms with E-state index in [9.17, 15) is 9.90 Å². The largest absolute Gasteiger partial charge is 0.465 e. The zero-order valence-electron chi connectivity index (χ0n) is 22.6. The van der Waals surface area contributed by atoms with Gasteiger partial charge in [-0.25, -0.2) is 0 Å². The summed E-state index contributed by atoms with van der Waals surface area (Å²) in [6.07, 6.45) is 0.786. The highest BCUT2D eigenvalue weighted by molar-refractivity contribution is 5.87. The van der Waals surface area contributed by atoms with Gasteiger partial charge in [-0.1, -0.05) is 102 Å². The highest BCUT2D eigenvalue weighted by Crippen LogP contribution is 2.49. The van der Waals surface area contributed by atoms with E-state index in [4.69, 9.17) is 9.26 Å². The maximum Gasteiger partial charge on any atom is 0.316 e. The summed E-state index contributed by atoms with van der Waals surface area (Å²) in [5.74, 6) is 0.432. The van der Waals surface area contributed by atoms with Crippen LogP contribution < -0.4 is 0 Å². The minimum absolute atomic E-state index is 0.126. The van der Waals surface area contributed by atoms with E-state index in [0.29, 0.717) is 23.6 Å². The van der Waals surface area contributed by atoms with Crippen LogP contribution in [0.3, 0.4) is 0 Å². The number of carbonyl (C=O) groups is 1. The molecular formula is C35H31NO4. The summed E-state index contributed by atoms with van der Waals surface area (Å²) in [5, 5.41) is 15.6. The van der Waals surface area contributed by atoms with Gasteiger partial charge in [0.2, 0.25) is 0 Å². The van der Waals surface area contributed by atoms with E-state index in [0.717, 1.165) is 51.8 Å². The number of aliphatic hydroxyl groups is 1. The summed E-state index contributed by atoms with van der Waals surface area (Å²) in [7, 11) is 0. The average molecular weight is 530 g/mol. The van der Waals surface area contributed by atoms with Gasteiger partial charge in [0.05, 0.1) is 23.3 Å². The first-order chi connectivity index (χ1) is 19.5. The number of ether oxygens (including phenoxy) is 1. The van der Waals surface area contributed by atoms with Crippen molar-refractivity contribution in [3.8, 4) is 33.6 Å². The van der Waals surface area contributed by atoms with Crippen molar-refractivity contribution in [2.45, 2.75) is 38.2 Å². The van der Waals surface area contributed by atoms with Gasteiger partial charge in [-0.15, -0.1) is 0 Å². The lowest BCUT2D eigenvalue weighted by atomic mass is 9.92. The number of aliphatic hydroxyl groups excluding tert-OH is 1. The van der Waals surface area contributed by atoms with Gasteiger partial charge in [0.25, 0.3) is 0 Å². The van der Waals surface area contributed by atoms with Crippen molar-refractivity contribution in [3.63, 3.8) is 0 Å². The normalized spacial score (nSPS) is 14.5. The molecule has 0 radical (unpaired) electrons. The van der Waals surface area contributed by atoms with Gasteiger partial charge in [-0.2, -0.15) is 0 Å². The molecule has 0 amide bonds. The van der Waals surface area contributed by atoms with Crippen LogP contribution in [-0.4, -0.2) is 22.8 Å². The lowest BCUT2D eigenvalue weighted by Gasteiger charge is -2.15. The number of benzene rings is 4. The molecule has 1 unspecified atom stereocenters. The lowest BCUT2D eigenvalue weighted by Crippen LogP contribution is -2.23. The molecule has 5 heteroatoms. The Morgan fingerprint density at radius 1 is 0.850 bits per heavy atom. The summed E-state index contributed by atoms with van der Waals surface area (Å²) < 4.78 is 11.0. The summed E-state index contributed by atoms with van der Waals surface area (Å²) in [6.45, 7) is 4.09. The zero-order chi connectivity index (χ0) is 27.7. The van der Waals surface area contributed by atoms with Gasteiger partial charge in [-0.05, 0) is 66.1 Å². The third kappa shape index (κ3) is 4.74. The number of aromatic nitrogens is 1. The van der Waals surface area contributed by atoms with Crippen LogP contribution in [0.1, 0.15) is 48.3 Å². The number of hydrogen-bond acceptors (Lipinski definition) is 5. The molecule has 1 atom stereocenters. The number of esters is 1. The quantitative estimate of drug-likeness (QED) is 0.209. The zero-order valence-corrected chi connectivity index (χ0v) is 22.6. The Labute approximate surface area is 234 Å². The van der Waals surface area contributed by atoms with Crippen LogP contribution in [0.4, 0.5) is 0 Å². The molecule has 1 heterocycles. The molecule has 4 aromatic carbocycles. The summed E-state index contributed by atoms with van der Waals surface area (Å²) in [5.41, 5.74) is 7.72. The van der Waals surface area contributed by atoms with Crippen molar-refractivity contribution >= 4 is 5.97 Å². The van der Waals surface area contributed by atoms with Crippen molar-refractivity contribution in [3.05, 3.63) is 126 Å². The third-order valence-corrected chi connectivity index (χ3v) is 7.83. The first-order valence-electron chi connectivity index (χ1n) is 13.7. The smallest absolute Gasteiger partial charge is 0.316 e. The maximum absolute atomic E-state index is 12.5. The van der Waals surface area contributed by atoms with E-state index in [-0.39, 0.29) is 5.97 Å². The molecule has 200 valence electrons. The van der Waals surface area contributed by atoms with Crippen LogP contribution in [0.2, 0.25) is 0 Å². The molecule has 0 spiro atoms. The number of aryl methyl sites for hydroxylation is 1. The minimum Gasteiger partial charge on any atom is -0.465 e. The van der Waals surface area contributed by atoms with E-state index in [1.807, 2.05) is 92.7 Å². The summed E-state index contributed by atoms with van der Waals surface area (Å²) >= 11 is 0. The van der Waals surface area contributed by atoms with Crippen LogP contribution in [0.5, 0.6) is 0 Å². The van der Waals surface area contributed by atoms with Crippen LogP contribution in [-0.2, 0) is 14.9 Å². The SMILES string of the molecule is CCOC(=O)C1(c2ccc(-c3ccc(-c4onc(C)c4C(O)c4cccc(-c5ccccc5)c4)cc3)cc2)CC1. The Kier molecular flexibility index (Phi) is 6.82. The molecule has 0 saturated heterocycles. The molecule has 1 fully saturated rings. The van der Waals surface area contributed by atoms with Crippen molar-refractivity contribution in [1.29, 1.82) is 0 Å². The third-order valence-electron chi connectivity index (χ3n) is 7.83. The number of rotatable bonds is 8. The van der Waals surface area contributed by atoms with E-state index >= 15 is 0 Å². The van der Waals surface area contributed by atoms with Crippen molar-refractivity contribution in [1.82, 2.24) is 5.16 Å². The fourth-order valence-electron chi connectivity index (χ4n) is 5.39. The van der Waals surface area contributed by atoms with Gasteiger partial charge >= 0.3 is 5.97 Å². The average Bonchev–Trinajstić information content (AvgIpc) is 3.74. The highest BCUT2D eigenvalue weighted by Gasteiger charge is 2.52. The van der Waals surface area contributed by atoms with Gasteiger partial charge in [0.15, 0.2) is 5.76 Å². The standard InChI is InChI=1S/C35H31NO4/c1-3-39-34(38)35(20-21-35)30-18-16-26(17-19-30)25-12-14-27(15-13-25)33-31(23(2)36-40-33)32(37)29-11-7-10-28(22-29)24-8-5-4-6-9-24/h4-19,22,32,37H,3,20-21H2,1-2H3. The molecule has 1 N–H and O–H groups in total. The molecule has 5 aromatic rings. The van der Waals surface area contributed by atoms with Gasteiger partial charge in [0.1, 0.15) is 6.10 Å². The second-order valence-electron chi connectivity index (χ2n) is 10.4. The molecule has 6 rings (SSSR count). The Bertz CT molecular complexity index is 1630. The Morgan fingerprint density at radius 2 is 1.45 bits per heavy atom. The van der Waals surface area contributed by atoms with Crippen LogP contribution in [0.15, 0.2) is 108 Å². The Balaban J connectivity index is 1.25. The Hall–Kier alpha value is -4.48. The Morgan fingerprint density at radius 3 is 2.10 bits per heavy atom. The summed E-state index contributed by atoms with van der Waals surface area (Å²) in [6, 6.07) is 34.3. The van der Waals surface area contributed by atoms with Crippen molar-refractivity contribution < 1.29 is 19.2 Å². The monoisotopic (exact) mass is 529 g/mol. The summed E-state index contributed by atoms with van der Waals surface area (Å²) in [4.78, 5) is 12.5. The van der Waals surface area contributed by atoms with Gasteiger partial charge < -0.3 is 14.4 Å². The second-order valence-corrected chi connectivity index (χ2v) is 10.4. The molecule has 0 bridgehead atoms. The fourth-order valence-corrected chi connectivity index (χ4v) is 5.39. The second kappa shape index (κ2) is 10.6. The van der Waals surface area contributed by atoms with Crippen molar-refractivity contribution in [2.75, 3.05) is 6.61 Å². The number of carbonyl (C=O) groups excluding carboxylic acids is 1. The first kappa shape index (κ1) is 25.8. The predicted octanol–water partition coefficient (Wildman–Crippen LogP) is 7.66. The van der Waals surface area contributed by atoms with Crippen molar-refractivity contribution in [2.24, 2.45) is 0 Å². The first-order valence-corrected chi connectivity index (χ1v) is 13.7. The molecule has 5 nitrogen and oxygen atoms in total. The molecular weight excluding hydrogens is 498 g/mol. The van der Waals surface area contributed by atoms with Crippen LogP contribution >= 0.6 is 0 Å². The fraction of sp³-hybridized carbons (Fsp3) is 0.200. The minimum atomic E-state index is -0.883. The molecule has 0 aliphatic heterocycles. The topological polar surface area (TPSA) is 72.6 Å². The predicted molar refractivity (Wildman–Crippen MR) is 156 cm³/mol. The highest BCUT2D eigenvalue weighted by atomic mass is 16.5. The van der Waals surface area contributed by atoms with E-state index in [2.05, 4.69) is 29.4 Å². The lowest BCUT2D eigenvalue weighted by molar-refractivity contribution is -0.146. The molecule has 1 aliphatic rings. The molecule has 40 heavy (non-hydrogen) atoms. The molecule has 1 saturated carbocycles. The van der Waals surface area contributed by atoms with E-state index in [1.165, 1.54) is 0 Å². The molecule has 1 aromatic heterocycles.